The molecule has 0 spiro atoms. The van der Waals surface area contributed by atoms with E-state index in [0.29, 0.717) is 11.6 Å². The molecule has 0 aliphatic carbocycles. The number of hydrogen-bond acceptors (Lipinski definition) is 2. The molecule has 0 bridgehead atoms. The van der Waals surface area contributed by atoms with E-state index in [1.54, 1.807) is 4.68 Å². The standard InChI is InChI=1S/C9H11ClN2O2/c1-6-9(10)7(2)12(11-6)5-3-4-8(13)14/h3-4H,5H2,1-2H3,(H,13,14)/b4-3+. The van der Waals surface area contributed by atoms with Gasteiger partial charge in [-0.3, -0.25) is 4.68 Å². The van der Waals surface area contributed by atoms with Crippen LogP contribution in [-0.2, 0) is 11.3 Å². The second-order valence-corrected chi connectivity index (χ2v) is 3.29. The van der Waals surface area contributed by atoms with Gasteiger partial charge in [0, 0.05) is 6.08 Å². The van der Waals surface area contributed by atoms with Crippen LogP contribution in [0.15, 0.2) is 12.2 Å². The van der Waals surface area contributed by atoms with Crippen molar-refractivity contribution in [1.29, 1.82) is 0 Å². The SMILES string of the molecule is Cc1nn(C/C=C/C(=O)O)c(C)c1Cl. The fourth-order valence-electron chi connectivity index (χ4n) is 1.11. The minimum Gasteiger partial charge on any atom is -0.478 e. The third kappa shape index (κ3) is 2.35. The van der Waals surface area contributed by atoms with Crippen LogP contribution >= 0.6 is 11.6 Å². The summed E-state index contributed by atoms with van der Waals surface area (Å²) in [5, 5.41) is 13.2. The lowest BCUT2D eigenvalue weighted by Crippen LogP contribution is -2.00. The third-order valence-electron chi connectivity index (χ3n) is 1.83. The Balaban J connectivity index is 2.78. The number of nitrogens with zero attached hydrogens (tertiary/aromatic N) is 2. The molecule has 0 aliphatic rings. The molecule has 14 heavy (non-hydrogen) atoms. The van der Waals surface area contributed by atoms with Gasteiger partial charge >= 0.3 is 5.97 Å². The molecule has 1 N–H and O–H groups in total. The van der Waals surface area contributed by atoms with Crippen molar-refractivity contribution in [2.45, 2.75) is 20.4 Å². The lowest BCUT2D eigenvalue weighted by molar-refractivity contribution is -0.131. The van der Waals surface area contributed by atoms with Gasteiger partial charge in [-0.05, 0) is 13.8 Å². The van der Waals surface area contributed by atoms with Crippen LogP contribution in [0.4, 0.5) is 0 Å². The zero-order valence-corrected chi connectivity index (χ0v) is 8.75. The Morgan fingerprint density at radius 1 is 1.64 bits per heavy atom. The van der Waals surface area contributed by atoms with E-state index in [2.05, 4.69) is 5.10 Å². The van der Waals surface area contributed by atoms with Crippen molar-refractivity contribution in [3.63, 3.8) is 0 Å². The van der Waals surface area contributed by atoms with Gasteiger partial charge in [-0.1, -0.05) is 17.7 Å². The van der Waals surface area contributed by atoms with E-state index in [9.17, 15) is 4.79 Å². The van der Waals surface area contributed by atoms with Gasteiger partial charge in [0.1, 0.15) is 0 Å². The van der Waals surface area contributed by atoms with Gasteiger partial charge in [-0.15, -0.1) is 0 Å². The minimum absolute atomic E-state index is 0.422. The van der Waals surface area contributed by atoms with Crippen molar-refractivity contribution in [1.82, 2.24) is 9.78 Å². The fourth-order valence-corrected chi connectivity index (χ4v) is 1.24. The Morgan fingerprint density at radius 3 is 2.71 bits per heavy atom. The largest absolute Gasteiger partial charge is 0.478 e. The summed E-state index contributed by atoms with van der Waals surface area (Å²) >= 11 is 5.92. The van der Waals surface area contributed by atoms with E-state index in [1.807, 2.05) is 13.8 Å². The van der Waals surface area contributed by atoms with Crippen LogP contribution in [0.2, 0.25) is 5.02 Å². The van der Waals surface area contributed by atoms with E-state index in [1.165, 1.54) is 6.08 Å². The monoisotopic (exact) mass is 214 g/mol. The minimum atomic E-state index is -0.961. The molecule has 0 unspecified atom stereocenters. The molecular formula is C9H11ClN2O2. The summed E-state index contributed by atoms with van der Waals surface area (Å²) < 4.78 is 1.66. The molecule has 0 radical (unpaired) electrons. The van der Waals surface area contributed by atoms with Crippen LogP contribution in [0.1, 0.15) is 11.4 Å². The highest BCUT2D eigenvalue weighted by Crippen LogP contribution is 2.18. The van der Waals surface area contributed by atoms with Crippen molar-refractivity contribution in [2.24, 2.45) is 0 Å². The van der Waals surface area contributed by atoms with Gasteiger partial charge < -0.3 is 5.11 Å². The maximum absolute atomic E-state index is 10.2. The first kappa shape index (κ1) is 10.8. The topological polar surface area (TPSA) is 55.1 Å². The molecule has 4 nitrogen and oxygen atoms in total. The average molecular weight is 215 g/mol. The molecule has 1 heterocycles. The lowest BCUT2D eigenvalue weighted by Gasteiger charge is -1.98. The molecule has 0 fully saturated rings. The number of rotatable bonds is 3. The van der Waals surface area contributed by atoms with E-state index >= 15 is 0 Å². The Bertz CT molecular complexity index is 382. The van der Waals surface area contributed by atoms with Crippen molar-refractivity contribution >= 4 is 17.6 Å². The number of hydrogen-bond donors (Lipinski definition) is 1. The van der Waals surface area contributed by atoms with Crippen molar-refractivity contribution < 1.29 is 9.90 Å². The van der Waals surface area contributed by atoms with E-state index in [0.717, 1.165) is 17.5 Å². The first-order valence-electron chi connectivity index (χ1n) is 4.11. The summed E-state index contributed by atoms with van der Waals surface area (Å²) in [5.74, 6) is -0.961. The number of aliphatic carboxylic acids is 1. The van der Waals surface area contributed by atoms with Crippen molar-refractivity contribution in [3.8, 4) is 0 Å². The third-order valence-corrected chi connectivity index (χ3v) is 2.38. The summed E-state index contributed by atoms with van der Waals surface area (Å²) in [5.41, 5.74) is 1.60. The smallest absolute Gasteiger partial charge is 0.328 e. The summed E-state index contributed by atoms with van der Waals surface area (Å²) in [6.45, 7) is 4.08. The second-order valence-electron chi connectivity index (χ2n) is 2.91. The highest BCUT2D eigenvalue weighted by molar-refractivity contribution is 6.31. The summed E-state index contributed by atoms with van der Waals surface area (Å²) in [6, 6.07) is 0. The lowest BCUT2D eigenvalue weighted by atomic mass is 10.4. The first-order chi connectivity index (χ1) is 6.52. The van der Waals surface area contributed by atoms with Gasteiger partial charge in [0.25, 0.3) is 0 Å². The van der Waals surface area contributed by atoms with Crippen LogP contribution in [0.3, 0.4) is 0 Å². The van der Waals surface area contributed by atoms with Gasteiger partial charge in [-0.25, -0.2) is 4.79 Å². The molecule has 76 valence electrons. The van der Waals surface area contributed by atoms with Crippen LogP contribution in [0, 0.1) is 13.8 Å². The molecule has 0 saturated carbocycles. The Hall–Kier alpha value is -1.29. The molecular weight excluding hydrogens is 204 g/mol. The number of aryl methyl sites for hydroxylation is 1. The van der Waals surface area contributed by atoms with Crippen molar-refractivity contribution in [2.75, 3.05) is 0 Å². The predicted octanol–water partition coefficient (Wildman–Crippen LogP) is 1.79. The maximum atomic E-state index is 10.2. The van der Waals surface area contributed by atoms with Crippen LogP contribution in [0.5, 0.6) is 0 Å². The normalized spacial score (nSPS) is 11.1. The van der Waals surface area contributed by atoms with E-state index < -0.39 is 5.97 Å². The van der Waals surface area contributed by atoms with Crippen LogP contribution < -0.4 is 0 Å². The molecule has 0 aromatic carbocycles. The van der Waals surface area contributed by atoms with Crippen LogP contribution in [0.25, 0.3) is 0 Å². The molecule has 1 aromatic heterocycles. The maximum Gasteiger partial charge on any atom is 0.328 e. The molecule has 0 atom stereocenters. The zero-order chi connectivity index (χ0) is 10.7. The Kier molecular flexibility index (Phi) is 3.30. The molecule has 1 aromatic rings. The van der Waals surface area contributed by atoms with Gasteiger partial charge in [0.2, 0.25) is 0 Å². The van der Waals surface area contributed by atoms with E-state index in [4.69, 9.17) is 16.7 Å². The summed E-state index contributed by atoms with van der Waals surface area (Å²) in [7, 11) is 0. The van der Waals surface area contributed by atoms with E-state index in [-0.39, 0.29) is 0 Å². The fraction of sp³-hybridized carbons (Fsp3) is 0.333. The van der Waals surface area contributed by atoms with Crippen LogP contribution in [-0.4, -0.2) is 20.9 Å². The summed E-state index contributed by atoms with van der Waals surface area (Å²) in [4.78, 5) is 10.2. The first-order valence-corrected chi connectivity index (χ1v) is 4.49. The van der Waals surface area contributed by atoms with Gasteiger partial charge in [0.15, 0.2) is 0 Å². The van der Waals surface area contributed by atoms with Gasteiger partial charge in [0.05, 0.1) is 23.0 Å². The predicted molar refractivity (Wildman–Crippen MR) is 53.5 cm³/mol. The number of allylic oxidation sites excluding steroid dienone is 1. The van der Waals surface area contributed by atoms with Gasteiger partial charge in [-0.2, -0.15) is 5.10 Å². The highest BCUT2D eigenvalue weighted by atomic mass is 35.5. The number of carbonyl (C=O) groups is 1. The number of aromatic nitrogens is 2. The number of halogens is 1. The second kappa shape index (κ2) is 4.28. The molecule has 0 aliphatic heterocycles. The molecule has 5 heteroatoms. The Labute approximate surface area is 86.8 Å². The molecule has 0 amide bonds. The molecule has 1 rings (SSSR count). The number of carboxylic acids is 1. The number of carboxylic acid groups (broad SMARTS) is 1. The van der Waals surface area contributed by atoms with Crippen molar-refractivity contribution in [3.05, 3.63) is 28.6 Å². The quantitative estimate of drug-likeness (QED) is 0.781. The Morgan fingerprint density at radius 2 is 2.29 bits per heavy atom. The summed E-state index contributed by atoms with van der Waals surface area (Å²) in [6.07, 6.45) is 2.61. The highest BCUT2D eigenvalue weighted by Gasteiger charge is 2.07. The zero-order valence-electron chi connectivity index (χ0n) is 7.99. The average Bonchev–Trinajstić information content (AvgIpc) is 2.33. The molecule has 0 saturated heterocycles.